The molecular formula is C31H33N7O2S. The Kier molecular flexibility index (Phi) is 7.29. The Morgan fingerprint density at radius 2 is 1.54 bits per heavy atom. The largest absolute Gasteiger partial charge is 0.339 e. The van der Waals surface area contributed by atoms with Gasteiger partial charge in [-0.3, -0.25) is 4.90 Å². The number of piperazine rings is 1. The molecule has 0 spiro atoms. The van der Waals surface area contributed by atoms with Gasteiger partial charge in [0.15, 0.2) is 0 Å². The summed E-state index contributed by atoms with van der Waals surface area (Å²) in [6, 6.07) is 22.8. The zero-order valence-corrected chi connectivity index (χ0v) is 24.2. The second kappa shape index (κ2) is 11.0. The highest BCUT2D eigenvalue weighted by atomic mass is 32.2. The maximum atomic E-state index is 13.4. The highest BCUT2D eigenvalue weighted by Gasteiger charge is 2.31. The number of nitrogens with zero attached hydrogens (tertiary/aromatic N) is 6. The van der Waals surface area contributed by atoms with Crippen LogP contribution in [0.2, 0.25) is 0 Å². The number of benzene rings is 3. The van der Waals surface area contributed by atoms with Gasteiger partial charge < -0.3 is 5.32 Å². The summed E-state index contributed by atoms with van der Waals surface area (Å²) >= 11 is 0. The van der Waals surface area contributed by atoms with Crippen molar-refractivity contribution in [1.82, 2.24) is 29.0 Å². The number of hydrogen-bond acceptors (Lipinski definition) is 7. The van der Waals surface area contributed by atoms with E-state index in [1.54, 1.807) is 39.4 Å². The minimum Gasteiger partial charge on any atom is -0.339 e. The first kappa shape index (κ1) is 27.1. The highest BCUT2D eigenvalue weighted by Crippen LogP contribution is 2.30. The Hall–Kier alpha value is -4.12. The van der Waals surface area contributed by atoms with Crippen LogP contribution in [-0.4, -0.2) is 63.6 Å². The summed E-state index contributed by atoms with van der Waals surface area (Å²) in [5.41, 5.74) is 5.03. The first-order valence-corrected chi connectivity index (χ1v) is 15.2. The zero-order valence-electron chi connectivity index (χ0n) is 23.4. The number of para-hydroxylation sites is 2. The molecule has 41 heavy (non-hydrogen) atoms. The van der Waals surface area contributed by atoms with Gasteiger partial charge in [-0.15, -0.1) is 0 Å². The molecule has 3 heterocycles. The Bertz CT molecular complexity index is 1760. The zero-order chi connectivity index (χ0) is 28.6. The molecule has 0 aliphatic carbocycles. The summed E-state index contributed by atoms with van der Waals surface area (Å²) in [7, 11) is -3.60. The minimum absolute atomic E-state index is 0.0867. The van der Waals surface area contributed by atoms with E-state index in [1.807, 2.05) is 36.5 Å². The van der Waals surface area contributed by atoms with E-state index in [9.17, 15) is 8.42 Å². The maximum Gasteiger partial charge on any atom is 0.243 e. The van der Waals surface area contributed by atoms with E-state index in [-0.39, 0.29) is 10.9 Å². The van der Waals surface area contributed by atoms with Gasteiger partial charge in [-0.25, -0.2) is 23.1 Å². The second-order valence-electron chi connectivity index (χ2n) is 10.4. The fourth-order valence-electron chi connectivity index (χ4n) is 5.34. The van der Waals surface area contributed by atoms with Crippen LogP contribution in [0.4, 0.5) is 11.5 Å². The summed E-state index contributed by atoms with van der Waals surface area (Å²) in [6.45, 7) is 8.23. The van der Waals surface area contributed by atoms with Gasteiger partial charge >= 0.3 is 0 Å². The maximum absolute atomic E-state index is 13.4. The number of hydrogen-bond donors (Lipinski definition) is 1. The van der Waals surface area contributed by atoms with Crippen LogP contribution < -0.4 is 5.32 Å². The molecule has 5 aromatic rings. The Balaban J connectivity index is 1.20. The lowest BCUT2D eigenvalue weighted by Crippen LogP contribution is -2.49. The van der Waals surface area contributed by atoms with E-state index in [0.29, 0.717) is 32.0 Å². The number of aryl methyl sites for hydroxylation is 2. The third kappa shape index (κ3) is 5.33. The summed E-state index contributed by atoms with van der Waals surface area (Å²) in [6.07, 6.45) is 3.52. The molecule has 1 saturated heterocycles. The molecule has 0 radical (unpaired) electrons. The van der Waals surface area contributed by atoms with Gasteiger partial charge in [-0.2, -0.15) is 9.40 Å². The first-order chi connectivity index (χ1) is 19.8. The second-order valence-corrected chi connectivity index (χ2v) is 12.3. The Morgan fingerprint density at radius 1 is 0.829 bits per heavy atom. The first-order valence-electron chi connectivity index (χ1n) is 13.8. The predicted molar refractivity (Wildman–Crippen MR) is 161 cm³/mol. The van der Waals surface area contributed by atoms with Crippen LogP contribution in [0.5, 0.6) is 0 Å². The number of aromatic nitrogens is 4. The molecule has 1 aliphatic rings. The van der Waals surface area contributed by atoms with E-state index in [0.717, 1.165) is 39.2 Å². The van der Waals surface area contributed by atoms with Crippen LogP contribution in [-0.2, 0) is 10.0 Å². The number of anilines is 2. The molecule has 2 aromatic heterocycles. The monoisotopic (exact) mass is 567 g/mol. The Morgan fingerprint density at radius 3 is 2.22 bits per heavy atom. The molecule has 0 saturated carbocycles. The average molecular weight is 568 g/mol. The van der Waals surface area contributed by atoms with Crippen LogP contribution >= 0.6 is 0 Å². The van der Waals surface area contributed by atoms with Crippen molar-refractivity contribution in [3.63, 3.8) is 0 Å². The smallest absolute Gasteiger partial charge is 0.243 e. The molecule has 1 N–H and O–H groups in total. The van der Waals surface area contributed by atoms with E-state index < -0.39 is 10.0 Å². The molecule has 0 amide bonds. The molecule has 9 nitrogen and oxygen atoms in total. The third-order valence-electron chi connectivity index (χ3n) is 7.78. The average Bonchev–Trinajstić information content (AvgIpc) is 3.54. The number of nitrogens with one attached hydrogen (secondary N) is 1. The molecule has 10 heteroatoms. The molecule has 210 valence electrons. The van der Waals surface area contributed by atoms with Gasteiger partial charge in [0.2, 0.25) is 10.0 Å². The van der Waals surface area contributed by atoms with Crippen LogP contribution in [0, 0.1) is 13.8 Å². The number of rotatable bonds is 7. The van der Waals surface area contributed by atoms with Crippen molar-refractivity contribution in [3.8, 4) is 5.69 Å². The highest BCUT2D eigenvalue weighted by molar-refractivity contribution is 7.89. The molecule has 1 fully saturated rings. The third-order valence-corrected chi connectivity index (χ3v) is 9.70. The summed E-state index contributed by atoms with van der Waals surface area (Å²) < 4.78 is 30.1. The van der Waals surface area contributed by atoms with Crippen molar-refractivity contribution in [2.24, 2.45) is 0 Å². The van der Waals surface area contributed by atoms with Crippen LogP contribution in [0.3, 0.4) is 0 Å². The molecular weight excluding hydrogens is 534 g/mol. The number of sulfonamides is 1. The number of fused-ring (bicyclic) bond motifs is 1. The van der Waals surface area contributed by atoms with E-state index in [1.165, 1.54) is 0 Å². The van der Waals surface area contributed by atoms with Crippen molar-refractivity contribution in [2.75, 3.05) is 31.5 Å². The molecule has 0 bridgehead atoms. The van der Waals surface area contributed by atoms with Gasteiger partial charge in [0.1, 0.15) is 11.6 Å². The van der Waals surface area contributed by atoms with Gasteiger partial charge in [-0.1, -0.05) is 30.3 Å². The fourth-order valence-corrected chi connectivity index (χ4v) is 6.76. The SMILES string of the molecule is Cc1cccc(C)c1Nc1nc([C@H](C)N2CCN(S(=O)(=O)c3ccc(-n4cccn4)cc3)CC2)nc2ccccc12. The summed E-state index contributed by atoms with van der Waals surface area (Å²) in [4.78, 5) is 12.4. The van der Waals surface area contributed by atoms with E-state index in [2.05, 4.69) is 54.3 Å². The topological polar surface area (TPSA) is 96.2 Å². The van der Waals surface area contributed by atoms with Crippen LogP contribution in [0.15, 0.2) is 90.1 Å². The van der Waals surface area contributed by atoms with Crippen molar-refractivity contribution in [3.05, 3.63) is 102 Å². The molecule has 3 aromatic carbocycles. The Labute approximate surface area is 240 Å². The summed E-state index contributed by atoms with van der Waals surface area (Å²) in [5.74, 6) is 1.48. The van der Waals surface area contributed by atoms with Gasteiger partial charge in [0.05, 0.1) is 22.1 Å². The quantitative estimate of drug-likeness (QED) is 0.287. The van der Waals surface area contributed by atoms with Crippen molar-refractivity contribution in [1.29, 1.82) is 0 Å². The van der Waals surface area contributed by atoms with Gasteiger partial charge in [-0.05, 0) is 74.4 Å². The molecule has 0 unspecified atom stereocenters. The molecule has 6 rings (SSSR count). The van der Waals surface area contributed by atoms with E-state index >= 15 is 0 Å². The fraction of sp³-hybridized carbons (Fsp3) is 0.258. The van der Waals surface area contributed by atoms with E-state index in [4.69, 9.17) is 9.97 Å². The van der Waals surface area contributed by atoms with Crippen LogP contribution in [0.1, 0.15) is 29.9 Å². The lowest BCUT2D eigenvalue weighted by Gasteiger charge is -2.37. The standard InChI is InChI=1S/C31H33N7O2S/c1-22-8-6-9-23(2)29(22)34-31-27-10-4-5-11-28(27)33-30(35-31)24(3)36-18-20-37(21-19-36)41(39,40)26-14-12-25(13-15-26)38-17-7-16-32-38/h4-17,24H,18-21H2,1-3H3,(H,33,34,35)/t24-/m0/s1. The molecule has 1 aliphatic heterocycles. The van der Waals surface area contributed by atoms with Crippen molar-refractivity contribution >= 4 is 32.4 Å². The van der Waals surface area contributed by atoms with Crippen molar-refractivity contribution in [2.45, 2.75) is 31.7 Å². The minimum atomic E-state index is -3.60. The molecule has 1 atom stereocenters. The van der Waals surface area contributed by atoms with Crippen molar-refractivity contribution < 1.29 is 8.42 Å². The van der Waals surface area contributed by atoms with Crippen LogP contribution in [0.25, 0.3) is 16.6 Å². The predicted octanol–water partition coefficient (Wildman–Crippen LogP) is 5.24. The summed E-state index contributed by atoms with van der Waals surface area (Å²) in [5, 5.41) is 8.74. The van der Waals surface area contributed by atoms with Gasteiger partial charge in [0.25, 0.3) is 0 Å². The lowest BCUT2D eigenvalue weighted by molar-refractivity contribution is 0.141. The van der Waals surface area contributed by atoms with Gasteiger partial charge in [0, 0.05) is 49.6 Å². The normalized spacial score (nSPS) is 15.7. The lowest BCUT2D eigenvalue weighted by atomic mass is 10.1.